The van der Waals surface area contributed by atoms with Crippen LogP contribution in [0.3, 0.4) is 0 Å². The third-order valence-corrected chi connectivity index (χ3v) is 7.42. The summed E-state index contributed by atoms with van der Waals surface area (Å²) in [6, 6.07) is 6.64. The van der Waals surface area contributed by atoms with Gasteiger partial charge in [-0.2, -0.15) is 0 Å². The molecular weight excluding hydrogens is 600 g/mol. The van der Waals surface area contributed by atoms with E-state index in [0.717, 1.165) is 0 Å². The van der Waals surface area contributed by atoms with E-state index in [4.69, 9.17) is 4.74 Å². The zero-order valence-corrected chi connectivity index (χ0v) is 26.1. The number of halogens is 2. The standard InChI is InChI=1S/C33H41F2N5O6/c1-20(2)29(32(44)46-3)40-33(45)39-27(18-21-9-8-11-23(34)17-21)31(43)38-26-13-6-7-16-36-28(41)15-14-24(37-30(26)42)19-22-10-4-5-12-25(22)35/h4-5,8-12,14-15,17,20,24,26-27,29H,6-7,13,16,18-19H2,1-3H3,(H,36,41)(H,37,42)(H,38,43)(H2,39,40,45)/b15-14+/t24-,26?,27?,29?/m1/s1. The van der Waals surface area contributed by atoms with Crippen LogP contribution in [0.4, 0.5) is 13.6 Å². The Balaban J connectivity index is 1.83. The average molecular weight is 642 g/mol. The number of amides is 5. The van der Waals surface area contributed by atoms with E-state index in [1.54, 1.807) is 38.1 Å². The molecule has 0 bridgehead atoms. The summed E-state index contributed by atoms with van der Waals surface area (Å²) >= 11 is 0. The Labute approximate surface area is 266 Å². The Morgan fingerprint density at radius 2 is 1.78 bits per heavy atom. The van der Waals surface area contributed by atoms with Gasteiger partial charge in [0.25, 0.3) is 0 Å². The number of hydrogen-bond donors (Lipinski definition) is 5. The maximum Gasteiger partial charge on any atom is 0.328 e. The first kappa shape index (κ1) is 35.7. The van der Waals surface area contributed by atoms with E-state index < -0.39 is 59.6 Å². The lowest BCUT2D eigenvalue weighted by Gasteiger charge is -2.26. The van der Waals surface area contributed by atoms with Crippen molar-refractivity contribution in [1.82, 2.24) is 26.6 Å². The number of carbonyl (C=O) groups is 5. The highest BCUT2D eigenvalue weighted by molar-refractivity contribution is 5.93. The first-order valence-electron chi connectivity index (χ1n) is 15.2. The average Bonchev–Trinajstić information content (AvgIpc) is 3.01. The first-order chi connectivity index (χ1) is 22.0. The van der Waals surface area contributed by atoms with Crippen molar-refractivity contribution in [1.29, 1.82) is 0 Å². The number of methoxy groups -OCH3 is 1. The predicted octanol–water partition coefficient (Wildman–Crippen LogP) is 2.44. The van der Waals surface area contributed by atoms with Crippen molar-refractivity contribution in [2.75, 3.05) is 13.7 Å². The molecule has 2 aromatic rings. The maximum atomic E-state index is 14.4. The van der Waals surface area contributed by atoms with E-state index in [1.165, 1.54) is 43.5 Å². The molecule has 0 saturated carbocycles. The summed E-state index contributed by atoms with van der Waals surface area (Å²) in [5, 5.41) is 13.3. The summed E-state index contributed by atoms with van der Waals surface area (Å²) in [7, 11) is 1.19. The van der Waals surface area contributed by atoms with Crippen LogP contribution < -0.4 is 26.6 Å². The minimum absolute atomic E-state index is 0.0456. The van der Waals surface area contributed by atoms with Gasteiger partial charge in [0.05, 0.1) is 13.2 Å². The predicted molar refractivity (Wildman–Crippen MR) is 166 cm³/mol. The number of rotatable bonds is 10. The Morgan fingerprint density at radius 1 is 1.02 bits per heavy atom. The molecule has 0 aromatic heterocycles. The lowest BCUT2D eigenvalue weighted by molar-refractivity contribution is -0.144. The maximum absolute atomic E-state index is 14.4. The van der Waals surface area contributed by atoms with Gasteiger partial charge in [-0.25, -0.2) is 18.4 Å². The number of esters is 1. The van der Waals surface area contributed by atoms with Gasteiger partial charge < -0.3 is 31.3 Å². The molecule has 46 heavy (non-hydrogen) atoms. The molecule has 4 atom stereocenters. The molecule has 0 saturated heterocycles. The van der Waals surface area contributed by atoms with Gasteiger partial charge in [0.15, 0.2) is 0 Å². The van der Waals surface area contributed by atoms with Crippen LogP contribution >= 0.6 is 0 Å². The summed E-state index contributed by atoms with van der Waals surface area (Å²) in [5.41, 5.74) is 0.727. The molecule has 248 valence electrons. The van der Waals surface area contributed by atoms with Crippen LogP contribution in [0.5, 0.6) is 0 Å². The molecule has 11 nitrogen and oxygen atoms in total. The minimum Gasteiger partial charge on any atom is -0.467 e. The third-order valence-electron chi connectivity index (χ3n) is 7.42. The van der Waals surface area contributed by atoms with E-state index in [-0.39, 0.29) is 31.1 Å². The van der Waals surface area contributed by atoms with Crippen LogP contribution in [0, 0.1) is 17.6 Å². The highest BCUT2D eigenvalue weighted by Gasteiger charge is 2.30. The number of carbonyl (C=O) groups excluding carboxylic acids is 5. The number of benzene rings is 2. The Morgan fingerprint density at radius 3 is 2.48 bits per heavy atom. The molecule has 13 heteroatoms. The second kappa shape index (κ2) is 17.6. The molecule has 2 aromatic carbocycles. The lowest BCUT2D eigenvalue weighted by Crippen LogP contribution is -2.58. The Bertz CT molecular complexity index is 1420. The second-order valence-electron chi connectivity index (χ2n) is 11.4. The van der Waals surface area contributed by atoms with E-state index in [1.807, 2.05) is 0 Å². The van der Waals surface area contributed by atoms with Crippen LogP contribution in [0.1, 0.15) is 44.2 Å². The molecule has 0 aliphatic carbocycles. The summed E-state index contributed by atoms with van der Waals surface area (Å²) in [5.74, 6) is -3.65. The van der Waals surface area contributed by atoms with Crippen LogP contribution in [0.25, 0.3) is 0 Å². The molecule has 3 rings (SSSR count). The SMILES string of the molecule is COC(=O)C(NC(=O)NC(Cc1cccc(F)c1)C(=O)NC1CCCCNC(=O)/C=C/[C@H](Cc2ccccc2F)NC1=O)C(C)C. The monoisotopic (exact) mass is 641 g/mol. The quantitative estimate of drug-likeness (QED) is 0.251. The van der Waals surface area contributed by atoms with Crippen molar-refractivity contribution < 1.29 is 37.5 Å². The van der Waals surface area contributed by atoms with Crippen LogP contribution in [-0.2, 0) is 36.8 Å². The molecule has 5 N–H and O–H groups in total. The number of ether oxygens (including phenoxy) is 1. The van der Waals surface area contributed by atoms with Crippen LogP contribution in [0.2, 0.25) is 0 Å². The van der Waals surface area contributed by atoms with E-state index in [9.17, 15) is 32.8 Å². The van der Waals surface area contributed by atoms with Gasteiger partial charge in [-0.1, -0.05) is 50.3 Å². The van der Waals surface area contributed by atoms with Crippen molar-refractivity contribution >= 4 is 29.7 Å². The molecule has 0 spiro atoms. The van der Waals surface area contributed by atoms with E-state index in [2.05, 4.69) is 26.6 Å². The van der Waals surface area contributed by atoms with Gasteiger partial charge >= 0.3 is 12.0 Å². The number of urea groups is 1. The van der Waals surface area contributed by atoms with Gasteiger partial charge in [0.2, 0.25) is 17.7 Å². The fourth-order valence-corrected chi connectivity index (χ4v) is 4.91. The molecule has 5 amide bonds. The van der Waals surface area contributed by atoms with Crippen LogP contribution in [0.15, 0.2) is 60.7 Å². The van der Waals surface area contributed by atoms with Gasteiger partial charge in [0, 0.05) is 19.0 Å². The summed E-state index contributed by atoms with van der Waals surface area (Å²) < 4.78 is 33.2. The summed E-state index contributed by atoms with van der Waals surface area (Å²) in [4.78, 5) is 64.6. The third kappa shape index (κ3) is 11.3. The first-order valence-corrected chi connectivity index (χ1v) is 15.2. The molecule has 1 aliphatic rings. The Hall–Kier alpha value is -4.81. The molecule has 1 aliphatic heterocycles. The molecular formula is C33H41F2N5O6. The summed E-state index contributed by atoms with van der Waals surface area (Å²) in [6.45, 7) is 3.76. The normalized spacial score (nSPS) is 19.3. The lowest BCUT2D eigenvalue weighted by atomic mass is 10.0. The molecule has 0 fully saturated rings. The highest BCUT2D eigenvalue weighted by Crippen LogP contribution is 2.13. The molecule has 3 unspecified atom stereocenters. The molecule has 0 radical (unpaired) electrons. The zero-order valence-electron chi connectivity index (χ0n) is 26.1. The van der Waals surface area contributed by atoms with Crippen molar-refractivity contribution in [2.24, 2.45) is 5.92 Å². The van der Waals surface area contributed by atoms with Crippen molar-refractivity contribution in [3.8, 4) is 0 Å². The van der Waals surface area contributed by atoms with Crippen LogP contribution in [-0.4, -0.2) is 67.5 Å². The second-order valence-corrected chi connectivity index (χ2v) is 11.4. The highest BCUT2D eigenvalue weighted by atomic mass is 19.1. The van der Waals surface area contributed by atoms with Crippen molar-refractivity contribution in [3.05, 3.63) is 83.4 Å². The van der Waals surface area contributed by atoms with Crippen molar-refractivity contribution in [2.45, 2.75) is 70.1 Å². The van der Waals surface area contributed by atoms with Gasteiger partial charge in [-0.3, -0.25) is 14.4 Å². The summed E-state index contributed by atoms with van der Waals surface area (Å²) in [6.07, 6.45) is 3.83. The smallest absolute Gasteiger partial charge is 0.328 e. The number of nitrogens with one attached hydrogen (secondary N) is 5. The Kier molecular flexibility index (Phi) is 13.7. The zero-order chi connectivity index (χ0) is 33.6. The fourth-order valence-electron chi connectivity index (χ4n) is 4.91. The van der Waals surface area contributed by atoms with Gasteiger partial charge in [-0.15, -0.1) is 0 Å². The molecule has 1 heterocycles. The number of hydrogen-bond acceptors (Lipinski definition) is 6. The largest absolute Gasteiger partial charge is 0.467 e. The van der Waals surface area contributed by atoms with Crippen molar-refractivity contribution in [3.63, 3.8) is 0 Å². The van der Waals surface area contributed by atoms with Gasteiger partial charge in [0.1, 0.15) is 29.8 Å². The fraction of sp³-hybridized carbons (Fsp3) is 0.424. The minimum atomic E-state index is -1.27. The topological polar surface area (TPSA) is 155 Å². The van der Waals surface area contributed by atoms with E-state index >= 15 is 0 Å². The van der Waals surface area contributed by atoms with E-state index in [0.29, 0.717) is 30.5 Å². The van der Waals surface area contributed by atoms with Gasteiger partial charge in [-0.05, 0) is 60.9 Å².